The molecule has 2 rings (SSSR count). The Balaban J connectivity index is 1.84. The number of nitrogens with one attached hydrogen (secondary N) is 1. The summed E-state index contributed by atoms with van der Waals surface area (Å²) in [6, 6.07) is 6.95. The summed E-state index contributed by atoms with van der Waals surface area (Å²) in [6.07, 6.45) is -0.308. The van der Waals surface area contributed by atoms with E-state index in [2.05, 4.69) is 5.32 Å². The van der Waals surface area contributed by atoms with E-state index in [1.54, 1.807) is 36.1 Å². The van der Waals surface area contributed by atoms with Crippen LogP contribution < -0.4 is 5.32 Å². The van der Waals surface area contributed by atoms with E-state index < -0.39 is 0 Å². The van der Waals surface area contributed by atoms with Crippen LogP contribution in [0.2, 0.25) is 0 Å². The lowest BCUT2D eigenvalue weighted by Crippen LogP contribution is -2.50. The molecule has 0 aliphatic carbocycles. The molecule has 0 unspecified atom stereocenters. The van der Waals surface area contributed by atoms with E-state index in [0.29, 0.717) is 44.0 Å². The van der Waals surface area contributed by atoms with Crippen LogP contribution in [0.5, 0.6) is 0 Å². The van der Waals surface area contributed by atoms with E-state index in [4.69, 9.17) is 4.74 Å². The van der Waals surface area contributed by atoms with Gasteiger partial charge in [0.25, 0.3) is 0 Å². The minimum atomic E-state index is -0.308. The van der Waals surface area contributed by atoms with Crippen LogP contribution in [-0.2, 0) is 9.53 Å². The molecule has 0 saturated carbocycles. The molecule has 130 valence electrons. The smallest absolute Gasteiger partial charge is 0.409 e. The fraction of sp³-hybridized carbons (Fsp3) is 0.471. The number of ether oxygens (including phenoxy) is 1. The van der Waals surface area contributed by atoms with Crippen molar-refractivity contribution in [2.24, 2.45) is 0 Å². The highest BCUT2D eigenvalue weighted by Crippen LogP contribution is 2.15. The summed E-state index contributed by atoms with van der Waals surface area (Å²) in [7, 11) is 0. The van der Waals surface area contributed by atoms with Crippen LogP contribution in [0.3, 0.4) is 0 Å². The SMILES string of the molecule is CCOC(=O)N1CCN(CC(=O)Nc2ccccc2C(C)=O)CC1. The third kappa shape index (κ3) is 4.79. The zero-order chi connectivity index (χ0) is 17.5. The standard InChI is InChI=1S/C17H23N3O4/c1-3-24-17(23)20-10-8-19(9-11-20)12-16(22)18-15-7-5-4-6-14(15)13(2)21/h4-7H,3,8-12H2,1-2H3,(H,18,22). The third-order valence-corrected chi connectivity index (χ3v) is 3.85. The normalized spacial score (nSPS) is 15.0. The van der Waals surface area contributed by atoms with Crippen LogP contribution in [0.25, 0.3) is 0 Å². The molecule has 2 amide bonds. The fourth-order valence-electron chi connectivity index (χ4n) is 2.60. The molecule has 0 bridgehead atoms. The molecule has 0 spiro atoms. The van der Waals surface area contributed by atoms with E-state index in [1.807, 2.05) is 4.90 Å². The van der Waals surface area contributed by atoms with Crippen molar-refractivity contribution >= 4 is 23.5 Å². The summed E-state index contributed by atoms with van der Waals surface area (Å²) in [5.74, 6) is -0.262. The van der Waals surface area contributed by atoms with Gasteiger partial charge in [-0.25, -0.2) is 4.79 Å². The summed E-state index contributed by atoms with van der Waals surface area (Å²) in [4.78, 5) is 39.0. The number of carbonyl (C=O) groups excluding carboxylic acids is 3. The summed E-state index contributed by atoms with van der Waals surface area (Å²) in [6.45, 7) is 6.13. The Bertz CT molecular complexity index is 610. The maximum absolute atomic E-state index is 12.2. The summed E-state index contributed by atoms with van der Waals surface area (Å²) >= 11 is 0. The van der Waals surface area contributed by atoms with Gasteiger partial charge in [-0.1, -0.05) is 12.1 Å². The zero-order valence-corrected chi connectivity index (χ0v) is 14.1. The number of Topliss-reactive ketones (excluding diaryl/α,β-unsaturated/α-hetero) is 1. The number of rotatable bonds is 5. The topological polar surface area (TPSA) is 79.0 Å². The highest BCUT2D eigenvalue weighted by molar-refractivity contribution is 6.04. The van der Waals surface area contributed by atoms with Crippen molar-refractivity contribution in [2.75, 3.05) is 44.6 Å². The van der Waals surface area contributed by atoms with Crippen molar-refractivity contribution < 1.29 is 19.1 Å². The van der Waals surface area contributed by atoms with Crippen molar-refractivity contribution in [1.29, 1.82) is 0 Å². The summed E-state index contributed by atoms with van der Waals surface area (Å²) < 4.78 is 4.97. The van der Waals surface area contributed by atoms with Gasteiger partial charge in [-0.15, -0.1) is 0 Å². The Labute approximate surface area is 141 Å². The van der Waals surface area contributed by atoms with E-state index in [0.717, 1.165) is 0 Å². The van der Waals surface area contributed by atoms with Gasteiger partial charge in [-0.3, -0.25) is 14.5 Å². The fourth-order valence-corrected chi connectivity index (χ4v) is 2.60. The zero-order valence-electron chi connectivity index (χ0n) is 14.1. The van der Waals surface area contributed by atoms with Crippen LogP contribution in [-0.4, -0.2) is 66.9 Å². The Morgan fingerprint density at radius 1 is 1.12 bits per heavy atom. The molecule has 0 aromatic heterocycles. The number of hydrogen-bond donors (Lipinski definition) is 1. The molecule has 1 heterocycles. The number of anilines is 1. The van der Waals surface area contributed by atoms with Gasteiger partial charge < -0.3 is 15.0 Å². The van der Waals surface area contributed by atoms with Gasteiger partial charge >= 0.3 is 6.09 Å². The first-order valence-corrected chi connectivity index (χ1v) is 8.05. The molecule has 1 aromatic carbocycles. The number of benzene rings is 1. The first-order valence-electron chi connectivity index (χ1n) is 8.05. The van der Waals surface area contributed by atoms with Gasteiger partial charge in [0.2, 0.25) is 5.91 Å². The second kappa shape index (κ2) is 8.44. The van der Waals surface area contributed by atoms with Gasteiger partial charge in [0, 0.05) is 31.7 Å². The Hall–Kier alpha value is -2.41. The van der Waals surface area contributed by atoms with Gasteiger partial charge in [0.15, 0.2) is 5.78 Å². The number of hydrogen-bond acceptors (Lipinski definition) is 5. The lowest BCUT2D eigenvalue weighted by atomic mass is 10.1. The monoisotopic (exact) mass is 333 g/mol. The summed E-state index contributed by atoms with van der Waals surface area (Å²) in [5, 5.41) is 2.79. The highest BCUT2D eigenvalue weighted by Gasteiger charge is 2.23. The molecule has 1 saturated heterocycles. The molecule has 7 heteroatoms. The van der Waals surface area contributed by atoms with Gasteiger partial charge in [-0.05, 0) is 26.0 Å². The van der Waals surface area contributed by atoms with Crippen molar-refractivity contribution in [1.82, 2.24) is 9.80 Å². The Morgan fingerprint density at radius 3 is 2.42 bits per heavy atom. The maximum Gasteiger partial charge on any atom is 0.409 e. The second-order valence-electron chi connectivity index (χ2n) is 5.61. The summed E-state index contributed by atoms with van der Waals surface area (Å²) in [5.41, 5.74) is 1.03. The van der Waals surface area contributed by atoms with E-state index >= 15 is 0 Å². The van der Waals surface area contributed by atoms with Gasteiger partial charge in [0.1, 0.15) is 0 Å². The van der Waals surface area contributed by atoms with Crippen molar-refractivity contribution in [2.45, 2.75) is 13.8 Å². The van der Waals surface area contributed by atoms with Gasteiger partial charge in [0.05, 0.1) is 18.8 Å². The van der Waals surface area contributed by atoms with E-state index in [1.165, 1.54) is 6.92 Å². The van der Waals surface area contributed by atoms with E-state index in [-0.39, 0.29) is 24.3 Å². The first-order chi connectivity index (χ1) is 11.5. The van der Waals surface area contributed by atoms with Crippen molar-refractivity contribution in [3.8, 4) is 0 Å². The van der Waals surface area contributed by atoms with Crippen LogP contribution in [0.15, 0.2) is 24.3 Å². The van der Waals surface area contributed by atoms with Crippen LogP contribution in [0, 0.1) is 0 Å². The quantitative estimate of drug-likeness (QED) is 0.828. The number of ketones is 1. The molecule has 1 fully saturated rings. The minimum absolute atomic E-state index is 0.0889. The highest BCUT2D eigenvalue weighted by atomic mass is 16.6. The largest absolute Gasteiger partial charge is 0.450 e. The molecule has 0 radical (unpaired) electrons. The van der Waals surface area contributed by atoms with E-state index in [9.17, 15) is 14.4 Å². The number of amides is 2. The molecule has 1 aromatic rings. The lowest BCUT2D eigenvalue weighted by molar-refractivity contribution is -0.117. The molecule has 24 heavy (non-hydrogen) atoms. The Kier molecular flexibility index (Phi) is 6.31. The van der Waals surface area contributed by atoms with Gasteiger partial charge in [-0.2, -0.15) is 0 Å². The first kappa shape index (κ1) is 17.9. The maximum atomic E-state index is 12.2. The second-order valence-corrected chi connectivity index (χ2v) is 5.61. The van der Waals surface area contributed by atoms with Crippen molar-refractivity contribution in [3.63, 3.8) is 0 Å². The Morgan fingerprint density at radius 2 is 1.79 bits per heavy atom. The van der Waals surface area contributed by atoms with Crippen LogP contribution >= 0.6 is 0 Å². The average Bonchev–Trinajstić information content (AvgIpc) is 2.56. The van der Waals surface area contributed by atoms with Crippen molar-refractivity contribution in [3.05, 3.63) is 29.8 Å². The number of nitrogens with zero attached hydrogens (tertiary/aromatic N) is 2. The molecule has 1 aliphatic rings. The molecular weight excluding hydrogens is 310 g/mol. The molecular formula is C17H23N3O4. The third-order valence-electron chi connectivity index (χ3n) is 3.85. The number of piperazine rings is 1. The average molecular weight is 333 g/mol. The minimum Gasteiger partial charge on any atom is -0.450 e. The molecule has 1 N–H and O–H groups in total. The molecule has 7 nitrogen and oxygen atoms in total. The number of para-hydroxylation sites is 1. The predicted molar refractivity (Wildman–Crippen MR) is 90.1 cm³/mol. The predicted octanol–water partition coefficient (Wildman–Crippen LogP) is 1.60. The van der Waals surface area contributed by atoms with Crippen LogP contribution in [0.1, 0.15) is 24.2 Å². The lowest BCUT2D eigenvalue weighted by Gasteiger charge is -2.33. The molecule has 1 aliphatic heterocycles. The molecule has 0 atom stereocenters. The van der Waals surface area contributed by atoms with Crippen LogP contribution in [0.4, 0.5) is 10.5 Å². The number of carbonyl (C=O) groups is 3.